The number of hydrogen-bond acceptors (Lipinski definition) is 3. The molecule has 0 spiro atoms. The summed E-state index contributed by atoms with van der Waals surface area (Å²) >= 11 is 0. The number of piperidine rings is 1. The van der Waals surface area contributed by atoms with Crippen LogP contribution in [0, 0.1) is 17.8 Å². The van der Waals surface area contributed by atoms with E-state index in [4.69, 9.17) is 4.74 Å². The van der Waals surface area contributed by atoms with Crippen LogP contribution in [0.5, 0.6) is 0 Å². The van der Waals surface area contributed by atoms with Crippen molar-refractivity contribution in [1.82, 2.24) is 4.90 Å². The van der Waals surface area contributed by atoms with Gasteiger partial charge in [-0.05, 0) is 56.5 Å². The van der Waals surface area contributed by atoms with Crippen molar-refractivity contribution in [2.45, 2.75) is 71.5 Å². The van der Waals surface area contributed by atoms with E-state index in [1.54, 1.807) is 0 Å². The lowest BCUT2D eigenvalue weighted by Crippen LogP contribution is -2.40. The zero-order chi connectivity index (χ0) is 15.2. The van der Waals surface area contributed by atoms with E-state index in [0.29, 0.717) is 24.5 Å². The van der Waals surface area contributed by atoms with Crippen molar-refractivity contribution in [2.24, 2.45) is 17.8 Å². The maximum Gasteiger partial charge on any atom is 0.0900 e. The van der Waals surface area contributed by atoms with Crippen LogP contribution < -0.4 is 0 Å². The lowest BCUT2D eigenvalue weighted by molar-refractivity contribution is -0.0744. The van der Waals surface area contributed by atoms with Crippen LogP contribution in [-0.4, -0.2) is 48.5 Å². The van der Waals surface area contributed by atoms with Crippen LogP contribution in [-0.2, 0) is 4.74 Å². The molecule has 1 N–H and O–H groups in total. The molecule has 2 fully saturated rings. The fraction of sp³-hybridized carbons (Fsp3) is 1.00. The van der Waals surface area contributed by atoms with E-state index >= 15 is 0 Å². The van der Waals surface area contributed by atoms with Crippen LogP contribution in [0.2, 0.25) is 0 Å². The molecule has 2 aliphatic rings. The number of β-amino-alcohol motifs (C(OH)–C–C–N with tert-alkyl or cyclic N) is 1. The molecule has 0 amide bonds. The fourth-order valence-electron chi connectivity index (χ4n) is 4.03. The van der Waals surface area contributed by atoms with Crippen molar-refractivity contribution in [2.75, 3.05) is 26.2 Å². The predicted molar refractivity (Wildman–Crippen MR) is 87.4 cm³/mol. The molecule has 4 atom stereocenters. The van der Waals surface area contributed by atoms with E-state index in [1.807, 2.05) is 0 Å². The molecule has 3 heteroatoms. The minimum atomic E-state index is -0.326. The smallest absolute Gasteiger partial charge is 0.0900 e. The Morgan fingerprint density at radius 1 is 1.14 bits per heavy atom. The highest BCUT2D eigenvalue weighted by Crippen LogP contribution is 2.35. The second-order valence-corrected chi connectivity index (χ2v) is 7.71. The van der Waals surface area contributed by atoms with Crippen molar-refractivity contribution in [3.05, 3.63) is 0 Å². The van der Waals surface area contributed by atoms with Gasteiger partial charge in [0.15, 0.2) is 0 Å². The molecule has 2 rings (SSSR count). The molecular weight excluding hydrogens is 262 g/mol. The summed E-state index contributed by atoms with van der Waals surface area (Å²) in [6.45, 7) is 10.5. The van der Waals surface area contributed by atoms with Crippen molar-refractivity contribution < 1.29 is 9.84 Å². The van der Waals surface area contributed by atoms with E-state index in [9.17, 15) is 5.11 Å². The summed E-state index contributed by atoms with van der Waals surface area (Å²) in [6, 6.07) is 0. The molecule has 3 nitrogen and oxygen atoms in total. The average Bonchev–Trinajstić information content (AvgIpc) is 2.46. The summed E-state index contributed by atoms with van der Waals surface area (Å²) in [5, 5.41) is 10.3. The molecule has 0 aromatic rings. The van der Waals surface area contributed by atoms with Crippen LogP contribution in [0.15, 0.2) is 0 Å². The SMILES string of the molecule is CC(C)[C@H]1CC[C@@H](C)C[C@H]1OC[C@@H](O)CN1CCCCC1. The minimum absolute atomic E-state index is 0.326. The molecule has 21 heavy (non-hydrogen) atoms. The molecule has 0 radical (unpaired) electrons. The highest BCUT2D eigenvalue weighted by atomic mass is 16.5. The van der Waals surface area contributed by atoms with E-state index in [-0.39, 0.29) is 6.10 Å². The van der Waals surface area contributed by atoms with Gasteiger partial charge in [0.1, 0.15) is 0 Å². The van der Waals surface area contributed by atoms with Gasteiger partial charge in [-0.25, -0.2) is 0 Å². The van der Waals surface area contributed by atoms with Crippen molar-refractivity contribution in [3.63, 3.8) is 0 Å². The second kappa shape index (κ2) is 8.50. The maximum absolute atomic E-state index is 10.3. The zero-order valence-electron chi connectivity index (χ0n) is 14.3. The largest absolute Gasteiger partial charge is 0.389 e. The summed E-state index contributed by atoms with van der Waals surface area (Å²) in [4.78, 5) is 2.39. The second-order valence-electron chi connectivity index (χ2n) is 7.71. The molecule has 124 valence electrons. The molecule has 0 aromatic carbocycles. The highest BCUT2D eigenvalue weighted by molar-refractivity contribution is 4.82. The third-order valence-corrected chi connectivity index (χ3v) is 5.38. The first-order valence-electron chi connectivity index (χ1n) is 9.08. The van der Waals surface area contributed by atoms with Gasteiger partial charge in [-0.1, -0.05) is 33.6 Å². The number of likely N-dealkylation sites (tertiary alicyclic amines) is 1. The van der Waals surface area contributed by atoms with Gasteiger partial charge >= 0.3 is 0 Å². The predicted octanol–water partition coefficient (Wildman–Crippen LogP) is 3.31. The number of aliphatic hydroxyl groups is 1. The van der Waals surface area contributed by atoms with E-state index in [1.165, 1.54) is 38.5 Å². The molecule has 1 saturated heterocycles. The Morgan fingerprint density at radius 2 is 1.86 bits per heavy atom. The molecule has 0 bridgehead atoms. The van der Waals surface area contributed by atoms with Crippen LogP contribution >= 0.6 is 0 Å². The minimum Gasteiger partial charge on any atom is -0.389 e. The molecular formula is C18H35NO2. The summed E-state index contributed by atoms with van der Waals surface area (Å²) in [7, 11) is 0. The van der Waals surface area contributed by atoms with Crippen LogP contribution in [0.3, 0.4) is 0 Å². The van der Waals surface area contributed by atoms with Crippen LogP contribution in [0.25, 0.3) is 0 Å². The zero-order valence-corrected chi connectivity index (χ0v) is 14.3. The van der Waals surface area contributed by atoms with Gasteiger partial charge in [0.05, 0.1) is 18.8 Å². The van der Waals surface area contributed by atoms with Gasteiger partial charge in [-0.15, -0.1) is 0 Å². The molecule has 0 aromatic heterocycles. The topological polar surface area (TPSA) is 32.7 Å². The molecule has 1 heterocycles. The highest BCUT2D eigenvalue weighted by Gasteiger charge is 2.31. The Morgan fingerprint density at radius 3 is 2.52 bits per heavy atom. The number of ether oxygens (including phenoxy) is 1. The van der Waals surface area contributed by atoms with Gasteiger partial charge < -0.3 is 14.7 Å². The number of hydrogen-bond donors (Lipinski definition) is 1. The Balaban J connectivity index is 1.73. The standard InChI is InChI=1S/C18H35NO2/c1-14(2)17-8-7-15(3)11-18(17)21-13-16(20)12-19-9-5-4-6-10-19/h14-18,20H,4-13H2,1-3H3/t15-,16+,17-,18-/m1/s1. The Bertz CT molecular complexity index is 289. The Kier molecular flexibility index (Phi) is 6.97. The van der Waals surface area contributed by atoms with Crippen LogP contribution in [0.1, 0.15) is 59.3 Å². The fourth-order valence-corrected chi connectivity index (χ4v) is 4.03. The van der Waals surface area contributed by atoms with Gasteiger partial charge in [0.2, 0.25) is 0 Å². The third-order valence-electron chi connectivity index (χ3n) is 5.38. The summed E-state index contributed by atoms with van der Waals surface area (Å²) < 4.78 is 6.15. The summed E-state index contributed by atoms with van der Waals surface area (Å²) in [6.07, 6.45) is 7.72. The van der Waals surface area contributed by atoms with Crippen molar-refractivity contribution >= 4 is 0 Å². The van der Waals surface area contributed by atoms with Crippen molar-refractivity contribution in [3.8, 4) is 0 Å². The first-order chi connectivity index (χ1) is 10.1. The molecule has 1 aliphatic carbocycles. The summed E-state index contributed by atoms with van der Waals surface area (Å²) in [5.74, 6) is 2.12. The number of nitrogens with zero attached hydrogens (tertiary/aromatic N) is 1. The van der Waals surface area contributed by atoms with E-state index in [2.05, 4.69) is 25.7 Å². The Hall–Kier alpha value is -0.120. The quantitative estimate of drug-likeness (QED) is 0.816. The lowest BCUT2D eigenvalue weighted by Gasteiger charge is -2.38. The lowest BCUT2D eigenvalue weighted by atomic mass is 9.75. The monoisotopic (exact) mass is 297 g/mol. The molecule has 0 unspecified atom stereocenters. The first-order valence-corrected chi connectivity index (χ1v) is 9.08. The normalized spacial score (nSPS) is 33.3. The van der Waals surface area contributed by atoms with E-state index in [0.717, 1.165) is 25.6 Å². The molecule has 1 aliphatic heterocycles. The molecule has 1 saturated carbocycles. The van der Waals surface area contributed by atoms with Gasteiger partial charge in [-0.3, -0.25) is 0 Å². The van der Waals surface area contributed by atoms with Gasteiger partial charge in [0.25, 0.3) is 0 Å². The van der Waals surface area contributed by atoms with E-state index < -0.39 is 0 Å². The number of aliphatic hydroxyl groups excluding tert-OH is 1. The van der Waals surface area contributed by atoms with Gasteiger partial charge in [-0.2, -0.15) is 0 Å². The van der Waals surface area contributed by atoms with Crippen LogP contribution in [0.4, 0.5) is 0 Å². The average molecular weight is 297 g/mol. The third kappa shape index (κ3) is 5.54. The number of rotatable bonds is 6. The van der Waals surface area contributed by atoms with Crippen molar-refractivity contribution in [1.29, 1.82) is 0 Å². The Labute approximate surface area is 131 Å². The maximum atomic E-state index is 10.3. The first kappa shape index (κ1) is 17.2. The van der Waals surface area contributed by atoms with Gasteiger partial charge in [0, 0.05) is 6.54 Å². The summed E-state index contributed by atoms with van der Waals surface area (Å²) in [5.41, 5.74) is 0.